The van der Waals surface area contributed by atoms with Crippen molar-refractivity contribution in [2.24, 2.45) is 0 Å². The molecule has 0 spiro atoms. The number of nitrogens with zero attached hydrogens (tertiary/aromatic N) is 2. The lowest BCUT2D eigenvalue weighted by atomic mass is 9.94. The summed E-state index contributed by atoms with van der Waals surface area (Å²) in [5, 5.41) is 9.27. The van der Waals surface area contributed by atoms with Crippen LogP contribution in [0.5, 0.6) is 11.5 Å². The number of fused-ring (bicyclic) bond motifs is 1. The van der Waals surface area contributed by atoms with E-state index < -0.39 is 10.0 Å². The molecule has 7 heteroatoms. The van der Waals surface area contributed by atoms with Crippen molar-refractivity contribution in [3.05, 3.63) is 53.1 Å². The van der Waals surface area contributed by atoms with Gasteiger partial charge in [0, 0.05) is 12.6 Å². The second-order valence-electron chi connectivity index (χ2n) is 6.06. The van der Waals surface area contributed by atoms with Gasteiger partial charge in [-0.15, -0.1) is 0 Å². The molecule has 1 atom stereocenters. The maximum absolute atomic E-state index is 13.2. The summed E-state index contributed by atoms with van der Waals surface area (Å²) in [6, 6.07) is 11.6. The number of nitriles is 1. The van der Waals surface area contributed by atoms with Gasteiger partial charge in [0.25, 0.3) is 0 Å². The molecule has 3 rings (SSSR count). The average molecular weight is 372 g/mol. The van der Waals surface area contributed by atoms with Crippen molar-refractivity contribution in [2.45, 2.75) is 24.3 Å². The first-order valence-electron chi connectivity index (χ1n) is 8.19. The van der Waals surface area contributed by atoms with E-state index in [1.807, 2.05) is 25.1 Å². The second-order valence-corrected chi connectivity index (χ2v) is 7.91. The highest BCUT2D eigenvalue weighted by molar-refractivity contribution is 7.89. The van der Waals surface area contributed by atoms with Gasteiger partial charge in [-0.25, -0.2) is 8.42 Å². The molecule has 1 unspecified atom stereocenters. The molecule has 0 amide bonds. The third-order valence-corrected chi connectivity index (χ3v) is 6.75. The lowest BCUT2D eigenvalue weighted by molar-refractivity contribution is 0.319. The van der Waals surface area contributed by atoms with Gasteiger partial charge in [-0.3, -0.25) is 0 Å². The van der Waals surface area contributed by atoms with Gasteiger partial charge >= 0.3 is 0 Å². The molecule has 1 aliphatic heterocycles. The van der Waals surface area contributed by atoms with Gasteiger partial charge in [0.2, 0.25) is 10.0 Å². The van der Waals surface area contributed by atoms with Crippen LogP contribution in [0.2, 0.25) is 0 Å². The van der Waals surface area contributed by atoms with Crippen LogP contribution in [0.3, 0.4) is 0 Å². The predicted octanol–water partition coefficient (Wildman–Crippen LogP) is 2.88. The summed E-state index contributed by atoms with van der Waals surface area (Å²) in [5.41, 5.74) is 2.07. The molecule has 0 fully saturated rings. The van der Waals surface area contributed by atoms with Crippen LogP contribution in [-0.4, -0.2) is 33.5 Å². The van der Waals surface area contributed by atoms with Gasteiger partial charge in [-0.2, -0.15) is 9.57 Å². The molecule has 2 aromatic carbocycles. The standard InChI is InChI=1S/C19H20N2O4S/c1-13-16-11-18(25-3)17(24-2)10-14(16)8-9-21(13)26(22,23)19-7-5-4-6-15(19)12-20/h4-7,10-11,13H,8-9H2,1-3H3. The largest absolute Gasteiger partial charge is 0.493 e. The summed E-state index contributed by atoms with van der Waals surface area (Å²) in [4.78, 5) is 0.0401. The highest BCUT2D eigenvalue weighted by Gasteiger charge is 2.35. The summed E-state index contributed by atoms with van der Waals surface area (Å²) in [6.45, 7) is 2.18. The Balaban J connectivity index is 2.06. The zero-order valence-electron chi connectivity index (χ0n) is 14.9. The van der Waals surface area contributed by atoms with Crippen LogP contribution in [0.25, 0.3) is 0 Å². The molecular weight excluding hydrogens is 352 g/mol. The molecule has 0 radical (unpaired) electrons. The first kappa shape index (κ1) is 18.2. The topological polar surface area (TPSA) is 79.6 Å². The highest BCUT2D eigenvalue weighted by Crippen LogP contribution is 2.40. The Morgan fingerprint density at radius 3 is 2.46 bits per heavy atom. The molecule has 1 heterocycles. The van der Waals surface area contributed by atoms with Crippen LogP contribution < -0.4 is 9.47 Å². The fourth-order valence-corrected chi connectivity index (χ4v) is 5.12. The number of sulfonamides is 1. The molecule has 0 N–H and O–H groups in total. The van der Waals surface area contributed by atoms with Crippen LogP contribution in [0.1, 0.15) is 29.7 Å². The molecule has 0 bridgehead atoms. The summed E-state index contributed by atoms with van der Waals surface area (Å²) >= 11 is 0. The van der Waals surface area contributed by atoms with Gasteiger partial charge in [-0.1, -0.05) is 12.1 Å². The second kappa shape index (κ2) is 6.98. The number of benzene rings is 2. The SMILES string of the molecule is COc1cc2c(cc1OC)C(C)N(S(=O)(=O)c1ccccc1C#N)CC2. The van der Waals surface area contributed by atoms with E-state index in [4.69, 9.17) is 9.47 Å². The first-order valence-corrected chi connectivity index (χ1v) is 9.63. The van der Waals surface area contributed by atoms with Crippen molar-refractivity contribution in [2.75, 3.05) is 20.8 Å². The zero-order valence-corrected chi connectivity index (χ0v) is 15.7. The molecule has 136 valence electrons. The molecule has 6 nitrogen and oxygen atoms in total. The fraction of sp³-hybridized carbons (Fsp3) is 0.316. The van der Waals surface area contributed by atoms with E-state index in [0.29, 0.717) is 24.5 Å². The van der Waals surface area contributed by atoms with Crippen molar-refractivity contribution in [1.82, 2.24) is 4.31 Å². The minimum atomic E-state index is -3.79. The molecule has 0 saturated heterocycles. The van der Waals surface area contributed by atoms with Gasteiger partial charge in [-0.05, 0) is 48.7 Å². The van der Waals surface area contributed by atoms with Crippen LogP contribution in [0.4, 0.5) is 0 Å². The smallest absolute Gasteiger partial charge is 0.244 e. The van der Waals surface area contributed by atoms with Crippen LogP contribution in [-0.2, 0) is 16.4 Å². The fourth-order valence-electron chi connectivity index (χ4n) is 3.36. The van der Waals surface area contributed by atoms with Crippen molar-refractivity contribution in [1.29, 1.82) is 5.26 Å². The molecule has 0 aliphatic carbocycles. The predicted molar refractivity (Wildman–Crippen MR) is 96.7 cm³/mol. The molecular formula is C19H20N2O4S. The number of ether oxygens (including phenoxy) is 2. The van der Waals surface area contributed by atoms with E-state index in [-0.39, 0.29) is 16.5 Å². The zero-order chi connectivity index (χ0) is 18.9. The normalized spacial score (nSPS) is 17.2. The van der Waals surface area contributed by atoms with Gasteiger partial charge in [0.15, 0.2) is 11.5 Å². The van der Waals surface area contributed by atoms with Crippen molar-refractivity contribution >= 4 is 10.0 Å². The van der Waals surface area contributed by atoms with E-state index in [1.165, 1.54) is 16.4 Å². The molecule has 1 aliphatic rings. The van der Waals surface area contributed by atoms with E-state index in [1.54, 1.807) is 26.4 Å². The maximum Gasteiger partial charge on any atom is 0.244 e. The Morgan fingerprint density at radius 1 is 1.15 bits per heavy atom. The minimum Gasteiger partial charge on any atom is -0.493 e. The van der Waals surface area contributed by atoms with Crippen LogP contribution in [0, 0.1) is 11.3 Å². The quantitative estimate of drug-likeness (QED) is 0.824. The Bertz CT molecular complexity index is 980. The first-order chi connectivity index (χ1) is 12.4. The van der Waals surface area contributed by atoms with E-state index >= 15 is 0 Å². The third-order valence-electron chi connectivity index (χ3n) is 4.72. The Labute approximate surface area is 153 Å². The Kier molecular flexibility index (Phi) is 4.90. The third kappa shape index (κ3) is 2.91. The monoisotopic (exact) mass is 372 g/mol. The number of hydrogen-bond donors (Lipinski definition) is 0. The van der Waals surface area contributed by atoms with E-state index in [2.05, 4.69) is 0 Å². The maximum atomic E-state index is 13.2. The van der Waals surface area contributed by atoms with Crippen LogP contribution >= 0.6 is 0 Å². The lowest BCUT2D eigenvalue weighted by Gasteiger charge is -2.35. The number of methoxy groups -OCH3 is 2. The van der Waals surface area contributed by atoms with Crippen molar-refractivity contribution in [3.8, 4) is 17.6 Å². The number of hydrogen-bond acceptors (Lipinski definition) is 5. The van der Waals surface area contributed by atoms with E-state index in [0.717, 1.165) is 11.1 Å². The summed E-state index contributed by atoms with van der Waals surface area (Å²) in [6.07, 6.45) is 0.563. The lowest BCUT2D eigenvalue weighted by Crippen LogP contribution is -2.39. The van der Waals surface area contributed by atoms with Crippen molar-refractivity contribution in [3.63, 3.8) is 0 Å². The van der Waals surface area contributed by atoms with Gasteiger partial charge in [0.1, 0.15) is 6.07 Å². The average Bonchev–Trinajstić information content (AvgIpc) is 2.67. The van der Waals surface area contributed by atoms with Crippen LogP contribution in [0.15, 0.2) is 41.3 Å². The molecule has 0 aromatic heterocycles. The van der Waals surface area contributed by atoms with E-state index in [9.17, 15) is 13.7 Å². The Morgan fingerprint density at radius 2 is 1.81 bits per heavy atom. The highest BCUT2D eigenvalue weighted by atomic mass is 32.2. The molecule has 2 aromatic rings. The van der Waals surface area contributed by atoms with Gasteiger partial charge in [0.05, 0.1) is 24.7 Å². The van der Waals surface area contributed by atoms with Crippen molar-refractivity contribution < 1.29 is 17.9 Å². The summed E-state index contributed by atoms with van der Waals surface area (Å²) < 4.78 is 38.5. The minimum absolute atomic E-state index is 0.0401. The molecule has 0 saturated carbocycles. The summed E-state index contributed by atoms with van der Waals surface area (Å²) in [7, 11) is -0.667. The summed E-state index contributed by atoms with van der Waals surface area (Å²) in [5.74, 6) is 1.19. The number of rotatable bonds is 4. The van der Waals surface area contributed by atoms with Gasteiger partial charge < -0.3 is 9.47 Å². The Hall–Kier alpha value is -2.56. The molecule has 26 heavy (non-hydrogen) atoms.